The van der Waals surface area contributed by atoms with E-state index in [0.29, 0.717) is 5.82 Å². The Kier molecular flexibility index (Phi) is 4.18. The Balaban J connectivity index is 2.25. The molecule has 4 heteroatoms. The highest BCUT2D eigenvalue weighted by Gasteiger charge is 2.16. The highest BCUT2D eigenvalue weighted by molar-refractivity contribution is 5.56. The third-order valence-corrected chi connectivity index (χ3v) is 3.36. The maximum atomic E-state index is 5.98. The molecule has 0 aliphatic carbocycles. The normalized spacial score (nSPS) is 16.9. The number of hydrogen-bond acceptors (Lipinski definition) is 4. The van der Waals surface area contributed by atoms with Gasteiger partial charge in [-0.15, -0.1) is 0 Å². The average Bonchev–Trinajstić information content (AvgIpc) is 2.60. The molecule has 1 aliphatic heterocycles. The molecule has 0 radical (unpaired) electrons. The predicted molar refractivity (Wildman–Crippen MR) is 71.1 cm³/mol. The molecular formula is C13H22N4. The van der Waals surface area contributed by atoms with E-state index in [1.54, 1.807) is 6.33 Å². The zero-order chi connectivity index (χ0) is 12.1. The molecule has 1 aromatic heterocycles. The zero-order valence-electron chi connectivity index (χ0n) is 10.7. The van der Waals surface area contributed by atoms with E-state index in [1.807, 2.05) is 0 Å². The van der Waals surface area contributed by atoms with Gasteiger partial charge in [0.05, 0.1) is 0 Å². The van der Waals surface area contributed by atoms with Gasteiger partial charge in [-0.3, -0.25) is 0 Å². The SMILES string of the molecule is CCCc1c(N)ncnc1N1CCCCCC1. The molecule has 4 nitrogen and oxygen atoms in total. The first-order chi connectivity index (χ1) is 8.33. The number of aromatic nitrogens is 2. The molecule has 0 spiro atoms. The van der Waals surface area contributed by atoms with Gasteiger partial charge in [-0.2, -0.15) is 0 Å². The van der Waals surface area contributed by atoms with Crippen molar-refractivity contribution in [2.45, 2.75) is 45.4 Å². The van der Waals surface area contributed by atoms with Gasteiger partial charge in [-0.1, -0.05) is 26.2 Å². The van der Waals surface area contributed by atoms with Crippen molar-refractivity contribution in [1.82, 2.24) is 9.97 Å². The summed E-state index contributed by atoms with van der Waals surface area (Å²) in [4.78, 5) is 11.0. The molecular weight excluding hydrogens is 212 g/mol. The largest absolute Gasteiger partial charge is 0.383 e. The highest BCUT2D eigenvalue weighted by Crippen LogP contribution is 2.25. The van der Waals surface area contributed by atoms with Crippen LogP contribution < -0.4 is 10.6 Å². The van der Waals surface area contributed by atoms with Crippen LogP contribution in [0.3, 0.4) is 0 Å². The molecule has 0 saturated carbocycles. The number of hydrogen-bond donors (Lipinski definition) is 1. The van der Waals surface area contributed by atoms with Crippen LogP contribution in [0.5, 0.6) is 0 Å². The predicted octanol–water partition coefficient (Wildman–Crippen LogP) is 2.39. The maximum absolute atomic E-state index is 5.98. The van der Waals surface area contributed by atoms with Crippen molar-refractivity contribution in [2.75, 3.05) is 23.7 Å². The van der Waals surface area contributed by atoms with Crippen LogP contribution in [-0.4, -0.2) is 23.1 Å². The molecule has 2 N–H and O–H groups in total. The summed E-state index contributed by atoms with van der Waals surface area (Å²) >= 11 is 0. The molecule has 0 atom stereocenters. The lowest BCUT2D eigenvalue weighted by molar-refractivity contribution is 0.726. The summed E-state index contributed by atoms with van der Waals surface area (Å²) in [5.41, 5.74) is 7.11. The highest BCUT2D eigenvalue weighted by atomic mass is 15.2. The lowest BCUT2D eigenvalue weighted by Crippen LogP contribution is -2.26. The minimum atomic E-state index is 0.654. The lowest BCUT2D eigenvalue weighted by Gasteiger charge is -2.24. The molecule has 94 valence electrons. The molecule has 0 aromatic carbocycles. The zero-order valence-corrected chi connectivity index (χ0v) is 10.7. The van der Waals surface area contributed by atoms with Crippen molar-refractivity contribution in [1.29, 1.82) is 0 Å². The van der Waals surface area contributed by atoms with E-state index in [2.05, 4.69) is 21.8 Å². The van der Waals surface area contributed by atoms with E-state index < -0.39 is 0 Å². The van der Waals surface area contributed by atoms with Crippen molar-refractivity contribution in [2.24, 2.45) is 0 Å². The van der Waals surface area contributed by atoms with Crippen LogP contribution >= 0.6 is 0 Å². The van der Waals surface area contributed by atoms with Crippen molar-refractivity contribution in [3.63, 3.8) is 0 Å². The second-order valence-electron chi connectivity index (χ2n) is 4.71. The number of nitrogens with two attached hydrogens (primary N) is 1. The Morgan fingerprint density at radius 3 is 2.53 bits per heavy atom. The third-order valence-electron chi connectivity index (χ3n) is 3.36. The molecule has 1 saturated heterocycles. The Morgan fingerprint density at radius 1 is 1.18 bits per heavy atom. The van der Waals surface area contributed by atoms with Gasteiger partial charge in [0.1, 0.15) is 18.0 Å². The minimum absolute atomic E-state index is 0.654. The van der Waals surface area contributed by atoms with Crippen LogP contribution in [-0.2, 0) is 6.42 Å². The van der Waals surface area contributed by atoms with E-state index in [4.69, 9.17) is 5.73 Å². The molecule has 17 heavy (non-hydrogen) atoms. The Hall–Kier alpha value is -1.32. The fourth-order valence-electron chi connectivity index (χ4n) is 2.46. The van der Waals surface area contributed by atoms with Gasteiger partial charge in [0, 0.05) is 18.7 Å². The third kappa shape index (κ3) is 2.87. The fourth-order valence-corrected chi connectivity index (χ4v) is 2.46. The van der Waals surface area contributed by atoms with Crippen molar-refractivity contribution >= 4 is 11.6 Å². The molecule has 0 amide bonds. The van der Waals surface area contributed by atoms with Crippen molar-refractivity contribution < 1.29 is 0 Å². The first-order valence-electron chi connectivity index (χ1n) is 6.67. The van der Waals surface area contributed by atoms with Gasteiger partial charge in [-0.05, 0) is 19.3 Å². The van der Waals surface area contributed by atoms with Crippen LogP contribution in [0.15, 0.2) is 6.33 Å². The molecule has 1 aromatic rings. The van der Waals surface area contributed by atoms with E-state index in [1.165, 1.54) is 25.7 Å². The Labute approximate surface area is 103 Å². The number of nitrogens with zero attached hydrogens (tertiary/aromatic N) is 3. The topological polar surface area (TPSA) is 55.0 Å². The average molecular weight is 234 g/mol. The second-order valence-corrected chi connectivity index (χ2v) is 4.71. The lowest BCUT2D eigenvalue weighted by atomic mass is 10.1. The molecule has 1 fully saturated rings. The second kappa shape index (κ2) is 5.84. The first-order valence-corrected chi connectivity index (χ1v) is 6.67. The van der Waals surface area contributed by atoms with Crippen LogP contribution in [0.25, 0.3) is 0 Å². The van der Waals surface area contributed by atoms with Crippen molar-refractivity contribution in [3.8, 4) is 0 Å². The number of rotatable bonds is 3. The van der Waals surface area contributed by atoms with Gasteiger partial charge in [0.2, 0.25) is 0 Å². The summed E-state index contributed by atoms with van der Waals surface area (Å²) in [5, 5.41) is 0. The molecule has 2 heterocycles. The van der Waals surface area contributed by atoms with Crippen molar-refractivity contribution in [3.05, 3.63) is 11.9 Å². The summed E-state index contributed by atoms with van der Waals surface area (Å²) in [6.45, 7) is 4.37. The van der Waals surface area contributed by atoms with E-state index in [-0.39, 0.29) is 0 Å². The Bertz CT molecular complexity index is 356. The van der Waals surface area contributed by atoms with E-state index >= 15 is 0 Å². The van der Waals surface area contributed by atoms with Gasteiger partial charge in [-0.25, -0.2) is 9.97 Å². The van der Waals surface area contributed by atoms with Crippen LogP contribution in [0.4, 0.5) is 11.6 Å². The van der Waals surface area contributed by atoms with E-state index in [9.17, 15) is 0 Å². The van der Waals surface area contributed by atoms with Crippen LogP contribution in [0, 0.1) is 0 Å². The number of nitrogen functional groups attached to an aromatic ring is 1. The first kappa shape index (κ1) is 12.1. The van der Waals surface area contributed by atoms with Gasteiger partial charge in [0.15, 0.2) is 0 Å². The molecule has 1 aliphatic rings. The van der Waals surface area contributed by atoms with Gasteiger partial charge < -0.3 is 10.6 Å². The maximum Gasteiger partial charge on any atom is 0.137 e. The summed E-state index contributed by atoms with van der Waals surface area (Å²) in [6, 6.07) is 0. The summed E-state index contributed by atoms with van der Waals surface area (Å²) in [7, 11) is 0. The Morgan fingerprint density at radius 2 is 1.88 bits per heavy atom. The monoisotopic (exact) mass is 234 g/mol. The summed E-state index contributed by atoms with van der Waals surface area (Å²) in [5.74, 6) is 1.72. The van der Waals surface area contributed by atoms with Gasteiger partial charge >= 0.3 is 0 Å². The summed E-state index contributed by atoms with van der Waals surface area (Å²) < 4.78 is 0. The molecule has 0 bridgehead atoms. The fraction of sp³-hybridized carbons (Fsp3) is 0.692. The van der Waals surface area contributed by atoms with E-state index in [0.717, 1.165) is 37.3 Å². The quantitative estimate of drug-likeness (QED) is 0.872. The standard InChI is InChI=1S/C13H22N4/c1-2-7-11-12(14)15-10-16-13(11)17-8-5-3-4-6-9-17/h10H,2-9H2,1H3,(H2,14,15,16). The molecule has 2 rings (SSSR count). The number of anilines is 2. The van der Waals surface area contributed by atoms with Gasteiger partial charge in [0.25, 0.3) is 0 Å². The van der Waals surface area contributed by atoms with Crippen LogP contribution in [0.2, 0.25) is 0 Å². The van der Waals surface area contributed by atoms with Crippen LogP contribution in [0.1, 0.15) is 44.6 Å². The smallest absolute Gasteiger partial charge is 0.137 e. The minimum Gasteiger partial charge on any atom is -0.383 e. The summed E-state index contributed by atoms with van der Waals surface area (Å²) in [6.07, 6.45) is 8.83. The molecule has 0 unspecified atom stereocenters.